The number of hydrogen-bond acceptors (Lipinski definition) is 5. The zero-order valence-corrected chi connectivity index (χ0v) is 19.5. The fourth-order valence-electron chi connectivity index (χ4n) is 4.17. The lowest BCUT2D eigenvalue weighted by Gasteiger charge is -2.20. The number of non-ortho nitro benzene ring substituents is 1. The molecule has 1 aliphatic rings. The molecule has 1 atom stereocenters. The van der Waals surface area contributed by atoms with Crippen LogP contribution in [0.5, 0.6) is 0 Å². The van der Waals surface area contributed by atoms with Crippen LogP contribution in [0.2, 0.25) is 5.02 Å². The summed E-state index contributed by atoms with van der Waals surface area (Å²) in [4.78, 5) is 23.3. The van der Waals surface area contributed by atoms with Gasteiger partial charge in [0.2, 0.25) is 5.91 Å². The summed E-state index contributed by atoms with van der Waals surface area (Å²) in [6.45, 7) is 1.48. The summed E-state index contributed by atoms with van der Waals surface area (Å²) in [6, 6.07) is 22.8. The summed E-state index contributed by atoms with van der Waals surface area (Å²) in [5.74, 6) is -0.193. The summed E-state index contributed by atoms with van der Waals surface area (Å²) in [7, 11) is 0. The van der Waals surface area contributed by atoms with Crippen molar-refractivity contribution in [3.05, 3.63) is 111 Å². The second kappa shape index (κ2) is 9.15. The Bertz CT molecular complexity index is 1430. The molecule has 0 bridgehead atoms. The molecule has 5 rings (SSSR count). The van der Waals surface area contributed by atoms with Gasteiger partial charge in [-0.15, -0.1) is 0 Å². The molecule has 174 valence electrons. The molecule has 1 aromatic heterocycles. The molecular weight excluding hydrogens is 466 g/mol. The molecule has 1 unspecified atom stereocenters. The van der Waals surface area contributed by atoms with E-state index in [0.717, 1.165) is 22.5 Å². The molecule has 9 heteroatoms. The fourth-order valence-corrected chi connectivity index (χ4v) is 4.30. The number of amides is 1. The Morgan fingerprint density at radius 1 is 1.00 bits per heavy atom. The number of aromatic nitrogens is 2. The Morgan fingerprint density at radius 3 is 2.29 bits per heavy atom. The van der Waals surface area contributed by atoms with Gasteiger partial charge in [-0.2, -0.15) is 10.2 Å². The largest absolute Gasteiger partial charge is 0.273 e. The van der Waals surface area contributed by atoms with Gasteiger partial charge in [-0.3, -0.25) is 14.9 Å². The van der Waals surface area contributed by atoms with Crippen molar-refractivity contribution in [3.63, 3.8) is 0 Å². The molecule has 0 aliphatic carbocycles. The van der Waals surface area contributed by atoms with Gasteiger partial charge in [-0.1, -0.05) is 41.9 Å². The number of benzene rings is 3. The molecule has 0 fully saturated rings. The first-order valence-corrected chi connectivity index (χ1v) is 11.3. The first kappa shape index (κ1) is 22.5. The van der Waals surface area contributed by atoms with Crippen molar-refractivity contribution in [1.82, 2.24) is 14.8 Å². The Labute approximate surface area is 206 Å². The Hall–Kier alpha value is -4.30. The van der Waals surface area contributed by atoms with Crippen LogP contribution in [0.15, 0.2) is 90.2 Å². The third-order valence-corrected chi connectivity index (χ3v) is 6.14. The third-order valence-electron chi connectivity index (χ3n) is 5.88. The maximum Gasteiger partial charge on any atom is 0.269 e. The maximum absolute atomic E-state index is 12.6. The molecule has 4 aromatic rings. The Kier molecular flexibility index (Phi) is 5.88. The van der Waals surface area contributed by atoms with Crippen LogP contribution in [-0.4, -0.2) is 31.3 Å². The van der Waals surface area contributed by atoms with E-state index < -0.39 is 4.92 Å². The van der Waals surface area contributed by atoms with E-state index in [1.807, 2.05) is 48.7 Å². The van der Waals surface area contributed by atoms with Gasteiger partial charge in [0, 0.05) is 47.8 Å². The zero-order chi connectivity index (χ0) is 24.5. The van der Waals surface area contributed by atoms with Crippen molar-refractivity contribution in [2.75, 3.05) is 0 Å². The minimum atomic E-state index is -0.437. The van der Waals surface area contributed by atoms with Crippen LogP contribution < -0.4 is 0 Å². The number of para-hydroxylation sites is 1. The molecule has 1 amide bonds. The average Bonchev–Trinajstić information content (AvgIpc) is 3.50. The van der Waals surface area contributed by atoms with E-state index in [-0.39, 0.29) is 17.6 Å². The second-order valence-corrected chi connectivity index (χ2v) is 8.59. The van der Waals surface area contributed by atoms with E-state index in [2.05, 4.69) is 5.10 Å². The van der Waals surface area contributed by atoms with Crippen molar-refractivity contribution in [2.45, 2.75) is 19.4 Å². The van der Waals surface area contributed by atoms with Crippen molar-refractivity contribution in [2.24, 2.45) is 5.10 Å². The summed E-state index contributed by atoms with van der Waals surface area (Å²) in [5, 5.41) is 22.7. The quantitative estimate of drug-likeness (QED) is 0.264. The summed E-state index contributed by atoms with van der Waals surface area (Å²) < 4.78 is 1.75. The van der Waals surface area contributed by atoms with Crippen LogP contribution in [0, 0.1) is 10.1 Å². The van der Waals surface area contributed by atoms with Gasteiger partial charge in [0.25, 0.3) is 5.69 Å². The summed E-state index contributed by atoms with van der Waals surface area (Å²) in [5.41, 5.74) is 4.65. The Balaban J connectivity index is 1.60. The average molecular weight is 486 g/mol. The van der Waals surface area contributed by atoms with Crippen LogP contribution in [0.1, 0.15) is 30.5 Å². The predicted molar refractivity (Wildman–Crippen MR) is 134 cm³/mol. The smallest absolute Gasteiger partial charge is 0.269 e. The Morgan fingerprint density at radius 2 is 1.66 bits per heavy atom. The number of carbonyl (C=O) groups is 1. The highest BCUT2D eigenvalue weighted by molar-refractivity contribution is 6.30. The van der Waals surface area contributed by atoms with Crippen molar-refractivity contribution >= 4 is 28.9 Å². The highest BCUT2D eigenvalue weighted by Gasteiger charge is 2.34. The van der Waals surface area contributed by atoms with Crippen LogP contribution in [0.25, 0.3) is 16.9 Å². The first-order chi connectivity index (χ1) is 16.9. The van der Waals surface area contributed by atoms with Gasteiger partial charge >= 0.3 is 0 Å². The molecule has 0 saturated heterocycles. The van der Waals surface area contributed by atoms with Gasteiger partial charge in [0.15, 0.2) is 0 Å². The number of hydrogen-bond donors (Lipinski definition) is 0. The fraction of sp³-hybridized carbons (Fsp3) is 0.115. The molecule has 0 N–H and O–H groups in total. The van der Waals surface area contributed by atoms with E-state index in [0.29, 0.717) is 22.7 Å². The van der Waals surface area contributed by atoms with E-state index in [1.54, 1.807) is 28.9 Å². The number of carbonyl (C=O) groups excluding carboxylic acids is 1. The summed E-state index contributed by atoms with van der Waals surface area (Å²) >= 11 is 6.04. The first-order valence-electron chi connectivity index (χ1n) is 10.9. The standard InChI is InChI=1S/C26H20ClN5O3/c1-17(33)31-25(15-24(28-31)18-7-11-20(27)12-8-18)23-16-30(21-5-3-2-4-6-21)29-26(23)19-9-13-22(14-10-19)32(34)35/h2-14,16,25H,15H2,1H3. The second-order valence-electron chi connectivity index (χ2n) is 8.15. The molecule has 3 aromatic carbocycles. The molecule has 35 heavy (non-hydrogen) atoms. The van der Waals surface area contributed by atoms with Crippen LogP contribution in [0.3, 0.4) is 0 Å². The van der Waals surface area contributed by atoms with Gasteiger partial charge in [0.1, 0.15) is 0 Å². The molecule has 0 spiro atoms. The topological polar surface area (TPSA) is 93.6 Å². The molecule has 2 heterocycles. The van der Waals surface area contributed by atoms with Crippen LogP contribution >= 0.6 is 11.6 Å². The van der Waals surface area contributed by atoms with E-state index in [4.69, 9.17) is 16.7 Å². The molecule has 0 saturated carbocycles. The SMILES string of the molecule is CC(=O)N1N=C(c2ccc(Cl)cc2)CC1c1cn(-c2ccccc2)nc1-c1ccc([N+](=O)[O-])cc1. The van der Waals surface area contributed by atoms with Gasteiger partial charge in [0.05, 0.1) is 28.1 Å². The molecule has 0 radical (unpaired) electrons. The lowest BCUT2D eigenvalue weighted by atomic mass is 9.96. The number of nitro benzene ring substituents is 1. The van der Waals surface area contributed by atoms with Crippen molar-refractivity contribution in [1.29, 1.82) is 0 Å². The number of nitrogens with zero attached hydrogens (tertiary/aromatic N) is 5. The number of halogens is 1. The molecule has 1 aliphatic heterocycles. The van der Waals surface area contributed by atoms with E-state index >= 15 is 0 Å². The summed E-state index contributed by atoms with van der Waals surface area (Å²) in [6.07, 6.45) is 2.38. The third kappa shape index (κ3) is 4.43. The maximum atomic E-state index is 12.6. The zero-order valence-electron chi connectivity index (χ0n) is 18.7. The number of nitro groups is 1. The normalized spacial score (nSPS) is 15.2. The number of hydrazone groups is 1. The van der Waals surface area contributed by atoms with Crippen molar-refractivity contribution in [3.8, 4) is 16.9 Å². The highest BCUT2D eigenvalue weighted by atomic mass is 35.5. The minimum Gasteiger partial charge on any atom is -0.273 e. The molecule has 8 nitrogen and oxygen atoms in total. The highest BCUT2D eigenvalue weighted by Crippen LogP contribution is 2.38. The number of rotatable bonds is 5. The minimum absolute atomic E-state index is 0.00243. The van der Waals surface area contributed by atoms with Crippen LogP contribution in [0.4, 0.5) is 5.69 Å². The van der Waals surface area contributed by atoms with Crippen LogP contribution in [-0.2, 0) is 4.79 Å². The van der Waals surface area contributed by atoms with E-state index in [1.165, 1.54) is 24.1 Å². The van der Waals surface area contributed by atoms with E-state index in [9.17, 15) is 14.9 Å². The predicted octanol–water partition coefficient (Wildman–Crippen LogP) is 5.80. The van der Waals surface area contributed by atoms with Crippen molar-refractivity contribution < 1.29 is 9.72 Å². The van der Waals surface area contributed by atoms with Gasteiger partial charge < -0.3 is 0 Å². The van der Waals surface area contributed by atoms with Gasteiger partial charge in [-0.25, -0.2) is 9.69 Å². The molecular formula is C26H20ClN5O3. The lowest BCUT2D eigenvalue weighted by molar-refractivity contribution is -0.384. The van der Waals surface area contributed by atoms with Gasteiger partial charge in [-0.05, 0) is 42.0 Å². The lowest BCUT2D eigenvalue weighted by Crippen LogP contribution is -2.24. The monoisotopic (exact) mass is 485 g/mol.